The Balaban J connectivity index is 1.01. The Morgan fingerprint density at radius 3 is 1.84 bits per heavy atom. The lowest BCUT2D eigenvalue weighted by atomic mass is 9.64. The molecule has 0 bridgehead atoms. The minimum atomic E-state index is -0.680. The number of rotatable bonds is 25. The van der Waals surface area contributed by atoms with Crippen molar-refractivity contribution in [3.05, 3.63) is 102 Å². The molecule has 6 heteroatoms. The molecule has 0 spiro atoms. The van der Waals surface area contributed by atoms with E-state index in [0.717, 1.165) is 66.0 Å². The molecule has 1 aliphatic heterocycles. The number of quaternary nitrogens is 2. The van der Waals surface area contributed by atoms with Crippen molar-refractivity contribution in [1.29, 1.82) is 0 Å². The molecule has 0 saturated carbocycles. The van der Waals surface area contributed by atoms with Crippen molar-refractivity contribution in [2.45, 2.75) is 95.5 Å². The molecule has 1 fully saturated rings. The first-order valence-corrected chi connectivity index (χ1v) is 19.6. The van der Waals surface area contributed by atoms with Crippen LogP contribution >= 0.6 is 0 Å². The van der Waals surface area contributed by atoms with Crippen LogP contribution in [0.3, 0.4) is 0 Å². The quantitative estimate of drug-likeness (QED) is 0.0725. The van der Waals surface area contributed by atoms with Crippen LogP contribution in [0.25, 0.3) is 0 Å². The largest absolute Gasteiger partial charge is 0.496 e. The highest BCUT2D eigenvalue weighted by Crippen LogP contribution is 2.43. The lowest BCUT2D eigenvalue weighted by molar-refractivity contribution is -0.890. The van der Waals surface area contributed by atoms with Gasteiger partial charge in [-0.1, -0.05) is 117 Å². The number of carbonyl (C=O) groups excluding carboxylic acids is 1. The molecule has 6 nitrogen and oxygen atoms in total. The fourth-order valence-corrected chi connectivity index (χ4v) is 8.13. The molecule has 3 aromatic rings. The van der Waals surface area contributed by atoms with Gasteiger partial charge in [0.05, 0.1) is 40.9 Å². The van der Waals surface area contributed by atoms with E-state index >= 15 is 0 Å². The molecule has 1 aliphatic rings. The summed E-state index contributed by atoms with van der Waals surface area (Å²) in [5.41, 5.74) is 6.64. The number of hydrogen-bond donors (Lipinski definition) is 1. The second-order valence-corrected chi connectivity index (χ2v) is 15.2. The minimum Gasteiger partial charge on any atom is -0.496 e. The Morgan fingerprint density at radius 2 is 1.26 bits per heavy atom. The van der Waals surface area contributed by atoms with E-state index in [1.165, 1.54) is 83.7 Å². The highest BCUT2D eigenvalue weighted by atomic mass is 16.5. The summed E-state index contributed by atoms with van der Waals surface area (Å²) < 4.78 is 12.4. The number of likely N-dealkylation sites (tertiary alicyclic amines) is 1. The maximum absolute atomic E-state index is 13.4. The van der Waals surface area contributed by atoms with E-state index in [1.54, 1.807) is 7.11 Å². The van der Waals surface area contributed by atoms with Gasteiger partial charge in [-0.25, -0.2) is 4.79 Å². The second kappa shape index (κ2) is 21.4. The summed E-state index contributed by atoms with van der Waals surface area (Å²) in [6.07, 6.45) is 16.6. The van der Waals surface area contributed by atoms with E-state index in [2.05, 4.69) is 79.3 Å². The number of para-hydroxylation sites is 1. The average molecular weight is 686 g/mol. The van der Waals surface area contributed by atoms with Crippen molar-refractivity contribution >= 4 is 5.91 Å². The lowest BCUT2D eigenvalue weighted by Crippen LogP contribution is -2.69. The van der Waals surface area contributed by atoms with E-state index < -0.39 is 5.41 Å². The number of benzene rings is 3. The van der Waals surface area contributed by atoms with Gasteiger partial charge in [0, 0.05) is 18.7 Å². The lowest BCUT2D eigenvalue weighted by Gasteiger charge is -2.35. The molecular weight excluding hydrogens is 619 g/mol. The van der Waals surface area contributed by atoms with Gasteiger partial charge < -0.3 is 18.9 Å². The molecule has 1 heterocycles. The number of hydrogen-bond acceptors (Lipinski definition) is 4. The summed E-state index contributed by atoms with van der Waals surface area (Å²) in [6, 6.07) is 28.8. The molecule has 3 aromatic carbocycles. The molecule has 4 rings (SSSR count). The Bertz CT molecular complexity index is 1320. The molecular formula is C44H67N3O3+2. The van der Waals surface area contributed by atoms with Gasteiger partial charge in [0.2, 0.25) is 0 Å². The average Bonchev–Trinajstić information content (AvgIpc) is 3.60. The van der Waals surface area contributed by atoms with Gasteiger partial charge in [0.25, 0.3) is 0 Å². The van der Waals surface area contributed by atoms with Crippen LogP contribution in [0.4, 0.5) is 0 Å². The van der Waals surface area contributed by atoms with Crippen molar-refractivity contribution in [1.82, 2.24) is 4.90 Å². The summed E-state index contributed by atoms with van der Waals surface area (Å²) in [6.45, 7) is 7.16. The van der Waals surface area contributed by atoms with Crippen molar-refractivity contribution < 1.29 is 24.5 Å². The minimum absolute atomic E-state index is 0.0127. The smallest absolute Gasteiger partial charge is 0.324 e. The van der Waals surface area contributed by atoms with E-state index in [9.17, 15) is 4.79 Å². The molecule has 1 atom stereocenters. The van der Waals surface area contributed by atoms with Gasteiger partial charge in [0.15, 0.2) is 0 Å². The van der Waals surface area contributed by atoms with Crippen LogP contribution in [-0.4, -0.2) is 75.8 Å². The van der Waals surface area contributed by atoms with Gasteiger partial charge in [-0.3, -0.25) is 5.73 Å². The molecule has 1 saturated heterocycles. The maximum Gasteiger partial charge on any atom is 0.324 e. The zero-order valence-electron chi connectivity index (χ0n) is 31.6. The first-order valence-electron chi connectivity index (χ1n) is 19.6. The third-order valence-electron chi connectivity index (χ3n) is 11.0. The summed E-state index contributed by atoms with van der Waals surface area (Å²) in [5, 5.41) is 0. The van der Waals surface area contributed by atoms with E-state index in [4.69, 9.17) is 9.47 Å². The molecule has 0 aromatic heterocycles. The molecule has 3 N–H and O–H groups in total. The highest BCUT2D eigenvalue weighted by molar-refractivity contribution is 5.85. The molecule has 274 valence electrons. The number of amides is 1. The number of unbranched alkanes of at least 4 members (excludes halogenated alkanes) is 10. The fraction of sp³-hybridized carbons (Fsp3) is 0.568. The van der Waals surface area contributed by atoms with Crippen molar-refractivity contribution in [2.75, 3.05) is 60.5 Å². The topological polar surface area (TPSA) is 66.4 Å². The predicted molar refractivity (Wildman–Crippen MR) is 206 cm³/mol. The third-order valence-corrected chi connectivity index (χ3v) is 11.0. The highest BCUT2D eigenvalue weighted by Gasteiger charge is 2.51. The van der Waals surface area contributed by atoms with E-state index in [1.807, 2.05) is 30.3 Å². The number of nitrogens with zero attached hydrogens (tertiary/aromatic N) is 2. The fourth-order valence-electron chi connectivity index (χ4n) is 8.13. The Kier molecular flexibility index (Phi) is 17.0. The van der Waals surface area contributed by atoms with E-state index in [-0.39, 0.29) is 11.8 Å². The van der Waals surface area contributed by atoms with Crippen LogP contribution in [0.5, 0.6) is 5.75 Å². The molecule has 50 heavy (non-hydrogen) atoms. The first-order chi connectivity index (χ1) is 24.4. The Morgan fingerprint density at radius 1 is 0.740 bits per heavy atom. The van der Waals surface area contributed by atoms with Crippen molar-refractivity contribution in [3.63, 3.8) is 0 Å². The Labute approximate surface area is 303 Å². The van der Waals surface area contributed by atoms with Crippen molar-refractivity contribution in [2.24, 2.45) is 5.92 Å². The summed E-state index contributed by atoms with van der Waals surface area (Å²) in [5.74, 6) is 1.16. The summed E-state index contributed by atoms with van der Waals surface area (Å²) in [7, 11) is 6.52. The third kappa shape index (κ3) is 12.0. The van der Waals surface area contributed by atoms with Gasteiger partial charge >= 0.3 is 5.91 Å². The standard InChI is InChI=1S/C44H65N3O3/c1-47(2,34-22-10-11-23-35-50-37-38-24-18-19-29-42(38)49-3)33-21-9-7-5-4-6-8-20-31-46-32-30-41(36-46)44(43(45)48,39-25-14-12-15-26-39)40-27-16-13-17-28-40/h12-19,24-29,41H,4-11,20-23,30-37H2,1-3H3,(H-,45,48)/p+2. The van der Waals surface area contributed by atoms with Crippen LogP contribution < -0.4 is 10.5 Å². The van der Waals surface area contributed by atoms with Crippen molar-refractivity contribution in [3.8, 4) is 5.75 Å². The molecule has 0 aliphatic carbocycles. The predicted octanol–water partition coefficient (Wildman–Crippen LogP) is 8.05. The zero-order valence-corrected chi connectivity index (χ0v) is 31.6. The normalized spacial score (nSPS) is 15.4. The van der Waals surface area contributed by atoms with Gasteiger partial charge in [0.1, 0.15) is 11.2 Å². The number of carbonyl (C=O) groups is 1. The first kappa shape index (κ1) is 39.8. The molecule has 1 amide bonds. The van der Waals surface area contributed by atoms with Crippen LogP contribution in [0, 0.1) is 5.92 Å². The van der Waals surface area contributed by atoms with Gasteiger partial charge in [-0.2, -0.15) is 0 Å². The molecule has 1 unspecified atom stereocenters. The second-order valence-electron chi connectivity index (χ2n) is 15.2. The number of ether oxygens (including phenoxy) is 2. The Hall–Kier alpha value is -3.03. The SMILES string of the molecule is COc1ccccc1COCCCCCC[N+](C)(C)CCCCCCCCCCN1CCC(C(C([NH3+])=O)(c2ccccc2)c2ccccc2)C1. The van der Waals surface area contributed by atoms with Crippen LogP contribution in [0.2, 0.25) is 0 Å². The van der Waals surface area contributed by atoms with Crippen LogP contribution in [0.1, 0.15) is 100 Å². The summed E-state index contributed by atoms with van der Waals surface area (Å²) in [4.78, 5) is 16.0. The van der Waals surface area contributed by atoms with Gasteiger partial charge in [-0.05, 0) is 81.1 Å². The number of methoxy groups -OCH3 is 1. The zero-order chi connectivity index (χ0) is 35.5. The van der Waals surface area contributed by atoms with Crippen LogP contribution in [-0.2, 0) is 21.6 Å². The summed E-state index contributed by atoms with van der Waals surface area (Å²) >= 11 is 0. The molecule has 0 radical (unpaired) electrons. The maximum atomic E-state index is 13.4. The monoisotopic (exact) mass is 686 g/mol. The van der Waals surface area contributed by atoms with Crippen LogP contribution in [0.15, 0.2) is 84.9 Å². The van der Waals surface area contributed by atoms with E-state index in [0.29, 0.717) is 6.61 Å². The van der Waals surface area contributed by atoms with Gasteiger partial charge in [-0.15, -0.1) is 0 Å².